The Morgan fingerprint density at radius 1 is 1.43 bits per heavy atom. The van der Waals surface area contributed by atoms with Gasteiger partial charge in [-0.1, -0.05) is 27.2 Å². The van der Waals surface area contributed by atoms with Crippen LogP contribution in [-0.2, 0) is 6.42 Å². The fourth-order valence-electron chi connectivity index (χ4n) is 1.51. The highest BCUT2D eigenvalue weighted by Crippen LogP contribution is 2.21. The molecule has 1 unspecified atom stereocenters. The molecule has 1 aromatic heterocycles. The quantitative estimate of drug-likeness (QED) is 0.673. The van der Waals surface area contributed by atoms with E-state index in [1.807, 2.05) is 13.0 Å². The lowest BCUT2D eigenvalue weighted by Gasteiger charge is -2.06. The zero-order valence-corrected chi connectivity index (χ0v) is 9.99. The minimum Gasteiger partial charge on any atom is -0.293 e. The second kappa shape index (κ2) is 5.30. The van der Waals surface area contributed by atoms with Crippen LogP contribution in [0.1, 0.15) is 48.2 Å². The van der Waals surface area contributed by atoms with Gasteiger partial charge >= 0.3 is 0 Å². The number of rotatable bonds is 5. The van der Waals surface area contributed by atoms with Gasteiger partial charge in [0.25, 0.3) is 0 Å². The van der Waals surface area contributed by atoms with Gasteiger partial charge < -0.3 is 0 Å². The van der Waals surface area contributed by atoms with Crippen LogP contribution in [-0.4, -0.2) is 5.78 Å². The first-order valence-corrected chi connectivity index (χ1v) is 6.13. The number of carbonyl (C=O) groups excluding carboxylic acids is 1. The third-order valence-corrected chi connectivity index (χ3v) is 3.67. The predicted molar refractivity (Wildman–Crippen MR) is 62.1 cm³/mol. The Bertz CT molecular complexity index is 301. The van der Waals surface area contributed by atoms with Crippen LogP contribution in [0.3, 0.4) is 0 Å². The van der Waals surface area contributed by atoms with E-state index < -0.39 is 0 Å². The van der Waals surface area contributed by atoms with Gasteiger partial charge in [0.05, 0.1) is 4.88 Å². The van der Waals surface area contributed by atoms with Crippen molar-refractivity contribution in [3.63, 3.8) is 0 Å². The maximum Gasteiger partial charge on any atom is 0.175 e. The molecule has 2 heteroatoms. The third-order valence-electron chi connectivity index (χ3n) is 2.42. The van der Waals surface area contributed by atoms with E-state index in [4.69, 9.17) is 0 Å². The highest BCUT2D eigenvalue weighted by Gasteiger charge is 2.15. The molecule has 0 saturated carbocycles. The molecule has 0 fully saturated rings. The highest BCUT2D eigenvalue weighted by molar-refractivity contribution is 7.14. The van der Waals surface area contributed by atoms with Crippen molar-refractivity contribution in [2.75, 3.05) is 0 Å². The van der Waals surface area contributed by atoms with Gasteiger partial charge in [0, 0.05) is 10.8 Å². The molecule has 0 spiro atoms. The number of hydrogen-bond acceptors (Lipinski definition) is 2. The van der Waals surface area contributed by atoms with Crippen molar-refractivity contribution in [3.8, 4) is 0 Å². The Labute approximate surface area is 90.2 Å². The van der Waals surface area contributed by atoms with E-state index in [0.717, 1.165) is 24.1 Å². The molecule has 0 aromatic carbocycles. The maximum absolute atomic E-state index is 11.9. The molecule has 0 N–H and O–H groups in total. The fraction of sp³-hybridized carbons (Fsp3) is 0.583. The number of thiophene rings is 1. The first-order chi connectivity index (χ1) is 6.69. The summed E-state index contributed by atoms with van der Waals surface area (Å²) in [6.07, 6.45) is 3.11. The molecule has 0 aliphatic rings. The normalized spacial score (nSPS) is 12.8. The zero-order valence-electron chi connectivity index (χ0n) is 9.17. The van der Waals surface area contributed by atoms with Crippen molar-refractivity contribution in [1.29, 1.82) is 0 Å². The molecular formula is C12H18OS. The average molecular weight is 210 g/mol. The maximum atomic E-state index is 11.9. The topological polar surface area (TPSA) is 17.1 Å². The van der Waals surface area contributed by atoms with Crippen LogP contribution in [0.5, 0.6) is 0 Å². The molecule has 0 aliphatic heterocycles. The number of Topliss-reactive ketones (excluding diaryl/α,β-unsaturated/α-hetero) is 1. The number of hydrogen-bond donors (Lipinski definition) is 0. The molecule has 0 amide bonds. The summed E-state index contributed by atoms with van der Waals surface area (Å²) in [5, 5.41) is 0. The summed E-state index contributed by atoms with van der Waals surface area (Å²) >= 11 is 1.65. The van der Waals surface area contributed by atoms with Crippen molar-refractivity contribution in [3.05, 3.63) is 21.9 Å². The van der Waals surface area contributed by atoms with E-state index in [9.17, 15) is 4.79 Å². The Morgan fingerprint density at radius 3 is 2.64 bits per heavy atom. The van der Waals surface area contributed by atoms with Gasteiger partial charge in [-0.05, 0) is 25.0 Å². The van der Waals surface area contributed by atoms with Gasteiger partial charge in [0.15, 0.2) is 5.78 Å². The lowest BCUT2D eigenvalue weighted by molar-refractivity contribution is 0.0928. The molecule has 1 nitrogen and oxygen atoms in total. The molecule has 0 saturated heterocycles. The van der Waals surface area contributed by atoms with Gasteiger partial charge in [-0.25, -0.2) is 0 Å². The van der Waals surface area contributed by atoms with Crippen LogP contribution in [0.4, 0.5) is 0 Å². The molecule has 14 heavy (non-hydrogen) atoms. The first-order valence-electron chi connectivity index (χ1n) is 5.32. The SMILES string of the molecule is CCCC(C)C(=O)c1ccc(CC)s1. The lowest BCUT2D eigenvalue weighted by atomic mass is 10.0. The summed E-state index contributed by atoms with van der Waals surface area (Å²) < 4.78 is 0. The van der Waals surface area contributed by atoms with E-state index in [-0.39, 0.29) is 5.92 Å². The van der Waals surface area contributed by atoms with E-state index in [1.54, 1.807) is 11.3 Å². The van der Waals surface area contributed by atoms with E-state index in [0.29, 0.717) is 5.78 Å². The van der Waals surface area contributed by atoms with Gasteiger partial charge in [0.2, 0.25) is 0 Å². The smallest absolute Gasteiger partial charge is 0.175 e. The highest BCUT2D eigenvalue weighted by atomic mass is 32.1. The van der Waals surface area contributed by atoms with Gasteiger partial charge in [0.1, 0.15) is 0 Å². The van der Waals surface area contributed by atoms with Crippen molar-refractivity contribution in [2.24, 2.45) is 5.92 Å². The van der Waals surface area contributed by atoms with Crippen LogP contribution < -0.4 is 0 Å². The Kier molecular flexibility index (Phi) is 4.33. The predicted octanol–water partition coefficient (Wildman–Crippen LogP) is 3.93. The Balaban J connectivity index is 2.68. The second-order valence-corrected chi connectivity index (χ2v) is 4.84. The van der Waals surface area contributed by atoms with Crippen molar-refractivity contribution >= 4 is 17.1 Å². The van der Waals surface area contributed by atoms with Crippen LogP contribution >= 0.6 is 11.3 Å². The van der Waals surface area contributed by atoms with Crippen molar-refractivity contribution in [1.82, 2.24) is 0 Å². The van der Waals surface area contributed by atoms with Crippen molar-refractivity contribution < 1.29 is 4.79 Å². The minimum absolute atomic E-state index is 0.184. The van der Waals surface area contributed by atoms with Crippen LogP contribution in [0.25, 0.3) is 0 Å². The second-order valence-electron chi connectivity index (χ2n) is 3.67. The lowest BCUT2D eigenvalue weighted by Crippen LogP contribution is -2.08. The largest absolute Gasteiger partial charge is 0.293 e. The molecule has 78 valence electrons. The molecule has 1 heterocycles. The molecule has 0 bridgehead atoms. The standard InChI is InChI=1S/C12H18OS/c1-4-6-9(3)12(13)11-8-7-10(5-2)14-11/h7-9H,4-6H2,1-3H3. The average Bonchev–Trinajstić information content (AvgIpc) is 2.65. The van der Waals surface area contributed by atoms with E-state index in [1.165, 1.54) is 4.88 Å². The van der Waals surface area contributed by atoms with Gasteiger partial charge in [-0.3, -0.25) is 4.79 Å². The van der Waals surface area contributed by atoms with Crippen LogP contribution in [0.15, 0.2) is 12.1 Å². The van der Waals surface area contributed by atoms with Gasteiger partial charge in [-0.15, -0.1) is 11.3 Å². The van der Waals surface area contributed by atoms with E-state index in [2.05, 4.69) is 19.9 Å². The summed E-state index contributed by atoms with van der Waals surface area (Å²) in [5.74, 6) is 0.500. The molecule has 1 aromatic rings. The van der Waals surface area contributed by atoms with Crippen LogP contribution in [0.2, 0.25) is 0 Å². The monoisotopic (exact) mass is 210 g/mol. The minimum atomic E-state index is 0.184. The Hall–Kier alpha value is -0.630. The molecule has 1 rings (SSSR count). The first kappa shape index (κ1) is 11.4. The van der Waals surface area contributed by atoms with Crippen LogP contribution in [0, 0.1) is 5.92 Å². The number of ketones is 1. The number of carbonyl (C=O) groups is 1. The summed E-state index contributed by atoms with van der Waals surface area (Å²) in [5.41, 5.74) is 0. The molecular weight excluding hydrogens is 192 g/mol. The summed E-state index contributed by atoms with van der Waals surface area (Å²) in [6, 6.07) is 4.04. The summed E-state index contributed by atoms with van der Waals surface area (Å²) in [4.78, 5) is 14.1. The summed E-state index contributed by atoms with van der Waals surface area (Å²) in [6.45, 7) is 6.27. The van der Waals surface area contributed by atoms with Crippen molar-refractivity contribution in [2.45, 2.75) is 40.0 Å². The zero-order chi connectivity index (χ0) is 10.6. The summed E-state index contributed by atoms with van der Waals surface area (Å²) in [7, 11) is 0. The molecule has 0 radical (unpaired) electrons. The molecule has 0 aliphatic carbocycles. The van der Waals surface area contributed by atoms with Gasteiger partial charge in [-0.2, -0.15) is 0 Å². The number of aryl methyl sites for hydroxylation is 1. The van der Waals surface area contributed by atoms with E-state index >= 15 is 0 Å². The molecule has 1 atom stereocenters. The fourth-order valence-corrected chi connectivity index (χ4v) is 2.51. The Morgan fingerprint density at radius 2 is 2.14 bits per heavy atom. The third kappa shape index (κ3) is 2.68.